The number of hydrogen-bond donors (Lipinski definition) is 1. The molecule has 228 valence electrons. The number of aliphatic hydroxyl groups excluding tert-OH is 1. The summed E-state index contributed by atoms with van der Waals surface area (Å²) in [6.07, 6.45) is 0. The number of benzene rings is 3. The summed E-state index contributed by atoms with van der Waals surface area (Å²) in [5, 5.41) is 20.3. The lowest BCUT2D eigenvalue weighted by molar-refractivity contribution is -0.132. The third-order valence-electron chi connectivity index (χ3n) is 6.97. The Morgan fingerprint density at radius 1 is 0.955 bits per heavy atom. The molecule has 0 bridgehead atoms. The number of thioether (sulfide) groups is 1. The molecule has 1 aliphatic heterocycles. The number of ketones is 1. The molecule has 1 fully saturated rings. The summed E-state index contributed by atoms with van der Waals surface area (Å²) >= 11 is 2.66. The summed E-state index contributed by atoms with van der Waals surface area (Å²) in [6.45, 7) is 4.38. The van der Waals surface area contributed by atoms with Crippen LogP contribution in [0.4, 0.5) is 5.13 Å². The molecule has 4 aromatic rings. The monoisotopic (exact) mass is 633 g/mol. The highest BCUT2D eigenvalue weighted by molar-refractivity contribution is 8.00. The van der Waals surface area contributed by atoms with E-state index in [9.17, 15) is 14.7 Å². The van der Waals surface area contributed by atoms with Gasteiger partial charge in [-0.15, -0.1) is 10.2 Å². The first-order chi connectivity index (χ1) is 21.3. The maximum absolute atomic E-state index is 13.7. The normalized spacial score (nSPS) is 15.8. The molecular formula is C32H31N3O7S2. The number of aromatic nitrogens is 2. The van der Waals surface area contributed by atoms with E-state index in [1.807, 2.05) is 38.1 Å². The van der Waals surface area contributed by atoms with Crippen LogP contribution in [-0.2, 0) is 15.3 Å². The van der Waals surface area contributed by atoms with E-state index in [-0.39, 0.29) is 16.5 Å². The number of aryl methyl sites for hydroxylation is 1. The lowest BCUT2D eigenvalue weighted by Crippen LogP contribution is -2.29. The van der Waals surface area contributed by atoms with Gasteiger partial charge in [-0.05, 0) is 61.4 Å². The Balaban J connectivity index is 1.60. The first kappa shape index (κ1) is 30.9. The predicted octanol–water partition coefficient (Wildman–Crippen LogP) is 6.19. The highest BCUT2D eigenvalue weighted by atomic mass is 32.2. The summed E-state index contributed by atoms with van der Waals surface area (Å²) in [5.41, 5.74) is 2.96. The Morgan fingerprint density at radius 2 is 1.61 bits per heavy atom. The predicted molar refractivity (Wildman–Crippen MR) is 169 cm³/mol. The smallest absolute Gasteiger partial charge is 0.301 e. The molecule has 3 aromatic carbocycles. The molecule has 0 spiro atoms. The number of anilines is 1. The van der Waals surface area contributed by atoms with Crippen LogP contribution in [0.3, 0.4) is 0 Å². The number of carbonyl (C=O) groups excluding carboxylic acids is 2. The van der Waals surface area contributed by atoms with Crippen molar-refractivity contribution in [1.29, 1.82) is 0 Å². The van der Waals surface area contributed by atoms with Crippen molar-refractivity contribution >= 4 is 45.7 Å². The molecule has 10 nitrogen and oxygen atoms in total. The van der Waals surface area contributed by atoms with Crippen molar-refractivity contribution in [1.82, 2.24) is 10.2 Å². The molecule has 1 amide bonds. The molecule has 1 unspecified atom stereocenters. The van der Waals surface area contributed by atoms with Gasteiger partial charge in [-0.1, -0.05) is 52.9 Å². The molecule has 0 aliphatic carbocycles. The maximum atomic E-state index is 13.7. The molecule has 5 rings (SSSR count). The molecular weight excluding hydrogens is 603 g/mol. The number of carbonyl (C=O) groups is 2. The summed E-state index contributed by atoms with van der Waals surface area (Å²) in [6, 6.07) is 17.0. The summed E-state index contributed by atoms with van der Waals surface area (Å²) in [7, 11) is 4.43. The van der Waals surface area contributed by atoms with Crippen molar-refractivity contribution in [3.05, 3.63) is 88.5 Å². The van der Waals surface area contributed by atoms with Crippen LogP contribution in [0.1, 0.15) is 35.2 Å². The van der Waals surface area contributed by atoms with E-state index in [0.29, 0.717) is 50.8 Å². The molecule has 0 radical (unpaired) electrons. The number of hydrogen-bond acceptors (Lipinski definition) is 11. The molecule has 1 aliphatic rings. The number of Topliss-reactive ketones (excluding diaryl/α,β-unsaturated/α-hetero) is 1. The van der Waals surface area contributed by atoms with Crippen LogP contribution in [0.5, 0.6) is 23.0 Å². The summed E-state index contributed by atoms with van der Waals surface area (Å²) < 4.78 is 22.7. The maximum Gasteiger partial charge on any atom is 0.301 e. The first-order valence-corrected chi connectivity index (χ1v) is 15.5. The second kappa shape index (κ2) is 13.4. The Morgan fingerprint density at radius 3 is 2.20 bits per heavy atom. The molecule has 12 heteroatoms. The summed E-state index contributed by atoms with van der Waals surface area (Å²) in [4.78, 5) is 28.6. The standard InChI is InChI=1S/C32H31N3O7S2/c1-6-42-22-13-11-20(12-14-22)27(36)25-26(21-15-23(39-3)29(41-5)24(16-21)40-4)35(30(38)28(25)37)31-33-34-32(44-31)43-17-19-9-7-18(2)8-10-19/h7-16,26,36H,6,17H2,1-5H3/b27-25-. The van der Waals surface area contributed by atoms with Gasteiger partial charge in [0.05, 0.1) is 39.6 Å². The topological polar surface area (TPSA) is 120 Å². The van der Waals surface area contributed by atoms with Crippen LogP contribution < -0.4 is 23.8 Å². The van der Waals surface area contributed by atoms with Gasteiger partial charge >= 0.3 is 5.91 Å². The Bertz CT molecular complexity index is 1680. The quantitative estimate of drug-likeness (QED) is 0.0673. The molecule has 1 aromatic heterocycles. The van der Waals surface area contributed by atoms with Crippen molar-refractivity contribution in [3.63, 3.8) is 0 Å². The molecule has 0 saturated carbocycles. The minimum Gasteiger partial charge on any atom is -0.507 e. The van der Waals surface area contributed by atoms with Crippen molar-refractivity contribution in [3.8, 4) is 23.0 Å². The van der Waals surface area contributed by atoms with Gasteiger partial charge in [0.25, 0.3) is 5.78 Å². The van der Waals surface area contributed by atoms with Gasteiger partial charge in [0.1, 0.15) is 11.5 Å². The van der Waals surface area contributed by atoms with Gasteiger partial charge in [0, 0.05) is 11.3 Å². The molecule has 2 heterocycles. The highest BCUT2D eigenvalue weighted by Gasteiger charge is 2.49. The van der Waals surface area contributed by atoms with Crippen LogP contribution in [0.25, 0.3) is 5.76 Å². The minimum atomic E-state index is -1.07. The van der Waals surface area contributed by atoms with Gasteiger partial charge in [-0.2, -0.15) is 0 Å². The largest absolute Gasteiger partial charge is 0.507 e. The second-order valence-corrected chi connectivity index (χ2v) is 11.9. The fourth-order valence-corrected chi connectivity index (χ4v) is 6.65. The summed E-state index contributed by atoms with van der Waals surface area (Å²) in [5.74, 6) is 0.193. The van der Waals surface area contributed by atoms with Gasteiger partial charge < -0.3 is 24.1 Å². The highest BCUT2D eigenvalue weighted by Crippen LogP contribution is 2.48. The zero-order valence-electron chi connectivity index (χ0n) is 24.8. The van der Waals surface area contributed by atoms with E-state index >= 15 is 0 Å². The number of methoxy groups -OCH3 is 3. The first-order valence-electron chi connectivity index (χ1n) is 13.7. The zero-order chi connectivity index (χ0) is 31.4. The van der Waals surface area contributed by atoms with Crippen LogP contribution in [-0.4, -0.2) is 54.9 Å². The third-order valence-corrected chi connectivity index (χ3v) is 9.10. The molecule has 1 atom stereocenters. The van der Waals surface area contributed by atoms with Crippen LogP contribution in [0.15, 0.2) is 70.6 Å². The average Bonchev–Trinajstić information content (AvgIpc) is 3.61. The van der Waals surface area contributed by atoms with Gasteiger partial charge in [-0.3, -0.25) is 14.5 Å². The van der Waals surface area contributed by atoms with Gasteiger partial charge in [0.2, 0.25) is 10.9 Å². The van der Waals surface area contributed by atoms with Crippen LogP contribution >= 0.6 is 23.1 Å². The SMILES string of the molecule is CCOc1ccc(/C(O)=C2/C(=O)C(=O)N(c3nnc(SCc4ccc(C)cc4)s3)C2c2cc(OC)c(OC)c(OC)c2)cc1. The van der Waals surface area contributed by atoms with Crippen molar-refractivity contribution in [2.45, 2.75) is 30.0 Å². The fourth-order valence-electron chi connectivity index (χ4n) is 4.82. The van der Waals surface area contributed by atoms with Crippen molar-refractivity contribution in [2.24, 2.45) is 0 Å². The van der Waals surface area contributed by atoms with Crippen LogP contribution in [0, 0.1) is 6.92 Å². The van der Waals surface area contributed by atoms with Gasteiger partial charge in [0.15, 0.2) is 15.8 Å². The lowest BCUT2D eigenvalue weighted by Gasteiger charge is -2.24. The van der Waals surface area contributed by atoms with E-state index in [4.69, 9.17) is 18.9 Å². The molecule has 1 saturated heterocycles. The van der Waals surface area contributed by atoms with Crippen molar-refractivity contribution < 1.29 is 33.6 Å². The Kier molecular flexibility index (Phi) is 9.40. The van der Waals surface area contributed by atoms with E-state index in [2.05, 4.69) is 10.2 Å². The third kappa shape index (κ3) is 6.08. The molecule has 1 N–H and O–H groups in total. The van der Waals surface area contributed by atoms with E-state index in [1.165, 1.54) is 54.9 Å². The van der Waals surface area contributed by atoms with E-state index in [1.54, 1.807) is 36.4 Å². The van der Waals surface area contributed by atoms with E-state index < -0.39 is 17.7 Å². The number of ether oxygens (including phenoxy) is 4. The second-order valence-electron chi connectivity index (χ2n) is 9.71. The Hall–Kier alpha value is -4.55. The van der Waals surface area contributed by atoms with E-state index in [0.717, 1.165) is 5.56 Å². The number of aliphatic hydroxyl groups is 1. The van der Waals surface area contributed by atoms with Crippen molar-refractivity contribution in [2.75, 3.05) is 32.8 Å². The zero-order valence-corrected chi connectivity index (χ0v) is 26.5. The lowest BCUT2D eigenvalue weighted by atomic mass is 9.94. The number of nitrogens with zero attached hydrogens (tertiary/aromatic N) is 3. The fraction of sp³-hybridized carbons (Fsp3) is 0.250. The minimum absolute atomic E-state index is 0.113. The Labute approximate surface area is 263 Å². The molecule has 44 heavy (non-hydrogen) atoms. The van der Waals surface area contributed by atoms with Crippen LogP contribution in [0.2, 0.25) is 0 Å². The van der Waals surface area contributed by atoms with Gasteiger partial charge in [-0.25, -0.2) is 0 Å². The number of rotatable bonds is 11. The average molecular weight is 634 g/mol. The number of amides is 1.